The number of guanidine groups is 1. The molecule has 1 heterocycles. The third-order valence-electron chi connectivity index (χ3n) is 2.86. The number of aliphatic imine (C=N–C) groups is 1. The van der Waals surface area contributed by atoms with Gasteiger partial charge in [0.2, 0.25) is 0 Å². The van der Waals surface area contributed by atoms with Gasteiger partial charge in [-0.3, -0.25) is 4.99 Å². The first-order chi connectivity index (χ1) is 9.69. The van der Waals surface area contributed by atoms with Crippen molar-refractivity contribution in [1.82, 2.24) is 15.6 Å². The first-order valence-corrected chi connectivity index (χ1v) is 7.52. The summed E-state index contributed by atoms with van der Waals surface area (Å²) in [5.74, 6) is 0.771. The summed E-state index contributed by atoms with van der Waals surface area (Å²) in [6.45, 7) is 3.45. The molecule has 106 valence electrons. The summed E-state index contributed by atoms with van der Waals surface area (Å²) in [4.78, 5) is 9.65. The second-order valence-corrected chi connectivity index (χ2v) is 5.64. The normalized spacial score (nSPS) is 11.4. The van der Waals surface area contributed by atoms with E-state index in [9.17, 15) is 0 Å². The molecule has 0 unspecified atom stereocenters. The van der Waals surface area contributed by atoms with Crippen LogP contribution in [0.3, 0.4) is 0 Å². The summed E-state index contributed by atoms with van der Waals surface area (Å²) in [5.41, 5.74) is 4.08. The zero-order valence-electron chi connectivity index (χ0n) is 11.5. The maximum atomic E-state index is 5.86. The predicted molar refractivity (Wildman–Crippen MR) is 85.3 cm³/mol. The summed E-state index contributed by atoms with van der Waals surface area (Å²) in [6.07, 6.45) is 0. The summed E-state index contributed by atoms with van der Waals surface area (Å²) in [7, 11) is 1.76. The zero-order chi connectivity index (χ0) is 14.4. The largest absolute Gasteiger partial charge is 0.352 e. The van der Waals surface area contributed by atoms with Crippen LogP contribution in [-0.2, 0) is 13.1 Å². The molecule has 6 heteroatoms. The summed E-state index contributed by atoms with van der Waals surface area (Å²) >= 11 is 7.51. The van der Waals surface area contributed by atoms with Gasteiger partial charge < -0.3 is 10.6 Å². The van der Waals surface area contributed by atoms with Gasteiger partial charge in [0.1, 0.15) is 0 Å². The van der Waals surface area contributed by atoms with Crippen LogP contribution in [0.25, 0.3) is 0 Å². The Balaban J connectivity index is 1.84. The molecule has 4 nitrogen and oxygen atoms in total. The SMILES string of the molecule is CN=C(NCc1ccc(Cl)cc1)NCc1scnc1C. The fraction of sp³-hybridized carbons (Fsp3) is 0.286. The lowest BCUT2D eigenvalue weighted by molar-refractivity contribution is 0.811. The highest BCUT2D eigenvalue weighted by Gasteiger charge is 2.03. The van der Waals surface area contributed by atoms with E-state index < -0.39 is 0 Å². The Morgan fingerprint density at radius 1 is 1.25 bits per heavy atom. The highest BCUT2D eigenvalue weighted by molar-refractivity contribution is 7.09. The lowest BCUT2D eigenvalue weighted by atomic mass is 10.2. The Labute approximate surface area is 127 Å². The van der Waals surface area contributed by atoms with Gasteiger partial charge in [0.25, 0.3) is 0 Å². The number of aryl methyl sites for hydroxylation is 1. The van der Waals surface area contributed by atoms with E-state index in [1.165, 1.54) is 4.88 Å². The fourth-order valence-electron chi connectivity index (χ4n) is 1.67. The van der Waals surface area contributed by atoms with Gasteiger partial charge >= 0.3 is 0 Å². The Morgan fingerprint density at radius 2 is 1.95 bits per heavy atom. The molecule has 0 aliphatic heterocycles. The van der Waals surface area contributed by atoms with Crippen LogP contribution < -0.4 is 10.6 Å². The van der Waals surface area contributed by atoms with Gasteiger partial charge in [0.05, 0.1) is 17.7 Å². The maximum Gasteiger partial charge on any atom is 0.191 e. The second-order valence-electron chi connectivity index (χ2n) is 4.27. The molecular formula is C14H17ClN4S. The highest BCUT2D eigenvalue weighted by atomic mass is 35.5. The fourth-order valence-corrected chi connectivity index (χ4v) is 2.51. The minimum Gasteiger partial charge on any atom is -0.352 e. The number of nitrogens with zero attached hydrogens (tertiary/aromatic N) is 2. The van der Waals surface area contributed by atoms with E-state index in [4.69, 9.17) is 11.6 Å². The minimum absolute atomic E-state index is 0.707. The van der Waals surface area contributed by atoms with E-state index in [1.54, 1.807) is 18.4 Å². The van der Waals surface area contributed by atoms with Crippen LogP contribution >= 0.6 is 22.9 Å². The van der Waals surface area contributed by atoms with E-state index in [1.807, 2.05) is 36.7 Å². The molecule has 0 amide bonds. The Kier molecular flexibility index (Phi) is 5.38. The third kappa shape index (κ3) is 4.21. The van der Waals surface area contributed by atoms with E-state index in [2.05, 4.69) is 20.6 Å². The van der Waals surface area contributed by atoms with E-state index >= 15 is 0 Å². The van der Waals surface area contributed by atoms with Gasteiger partial charge in [-0.25, -0.2) is 4.98 Å². The van der Waals surface area contributed by atoms with Crippen molar-refractivity contribution in [3.63, 3.8) is 0 Å². The van der Waals surface area contributed by atoms with E-state index in [-0.39, 0.29) is 0 Å². The van der Waals surface area contributed by atoms with E-state index in [0.717, 1.165) is 28.8 Å². The monoisotopic (exact) mass is 308 g/mol. The molecule has 2 aromatic rings. The third-order valence-corrected chi connectivity index (χ3v) is 4.05. The predicted octanol–water partition coefficient (Wildman–Crippen LogP) is 2.97. The number of nitrogens with one attached hydrogen (secondary N) is 2. The summed E-state index contributed by atoms with van der Waals surface area (Å²) in [6, 6.07) is 7.76. The van der Waals surface area contributed by atoms with Crippen molar-refractivity contribution in [2.24, 2.45) is 4.99 Å². The van der Waals surface area contributed by atoms with Gasteiger partial charge in [-0.15, -0.1) is 11.3 Å². The first kappa shape index (κ1) is 14.8. The molecule has 0 saturated carbocycles. The number of benzene rings is 1. The van der Waals surface area contributed by atoms with Crippen molar-refractivity contribution in [1.29, 1.82) is 0 Å². The molecule has 2 rings (SSSR count). The Morgan fingerprint density at radius 3 is 2.55 bits per heavy atom. The smallest absolute Gasteiger partial charge is 0.191 e. The number of aromatic nitrogens is 1. The molecule has 1 aromatic heterocycles. The van der Waals surface area contributed by atoms with Gasteiger partial charge in [0, 0.05) is 23.5 Å². The molecule has 0 fully saturated rings. The quantitative estimate of drug-likeness (QED) is 0.674. The molecule has 2 N–H and O–H groups in total. The lowest BCUT2D eigenvalue weighted by Crippen LogP contribution is -2.36. The molecule has 0 spiro atoms. The van der Waals surface area contributed by atoms with Crippen LogP contribution in [0.5, 0.6) is 0 Å². The number of halogens is 1. The van der Waals surface area contributed by atoms with Crippen molar-refractivity contribution in [3.05, 3.63) is 50.9 Å². The average Bonchev–Trinajstić information content (AvgIpc) is 2.86. The molecule has 0 aliphatic rings. The van der Waals surface area contributed by atoms with Gasteiger partial charge in [-0.1, -0.05) is 23.7 Å². The number of hydrogen-bond donors (Lipinski definition) is 2. The lowest BCUT2D eigenvalue weighted by Gasteiger charge is -2.11. The average molecular weight is 309 g/mol. The van der Waals surface area contributed by atoms with Crippen molar-refractivity contribution in [2.45, 2.75) is 20.0 Å². The van der Waals surface area contributed by atoms with Crippen LogP contribution in [0.1, 0.15) is 16.1 Å². The van der Waals surface area contributed by atoms with Crippen molar-refractivity contribution in [2.75, 3.05) is 7.05 Å². The summed E-state index contributed by atoms with van der Waals surface area (Å²) < 4.78 is 0. The standard InChI is InChI=1S/C14H17ClN4S/c1-10-13(20-9-19-10)8-18-14(16-2)17-7-11-3-5-12(15)6-4-11/h3-6,9H,7-8H2,1-2H3,(H2,16,17,18). The topological polar surface area (TPSA) is 49.3 Å². The van der Waals surface area contributed by atoms with Crippen molar-refractivity contribution >= 4 is 28.9 Å². The first-order valence-electron chi connectivity index (χ1n) is 6.27. The molecular weight excluding hydrogens is 292 g/mol. The van der Waals surface area contributed by atoms with Crippen molar-refractivity contribution in [3.8, 4) is 0 Å². The van der Waals surface area contributed by atoms with Crippen LogP contribution in [0.4, 0.5) is 0 Å². The van der Waals surface area contributed by atoms with Crippen molar-refractivity contribution < 1.29 is 0 Å². The maximum absolute atomic E-state index is 5.86. The van der Waals surface area contributed by atoms with Crippen LogP contribution in [0.2, 0.25) is 5.02 Å². The number of hydrogen-bond acceptors (Lipinski definition) is 3. The summed E-state index contributed by atoms with van der Waals surface area (Å²) in [5, 5.41) is 7.29. The molecule has 1 aromatic carbocycles. The molecule has 20 heavy (non-hydrogen) atoms. The van der Waals surface area contributed by atoms with E-state index in [0.29, 0.717) is 6.54 Å². The number of rotatable bonds is 4. The van der Waals surface area contributed by atoms with Crippen LogP contribution in [0, 0.1) is 6.92 Å². The molecule has 0 saturated heterocycles. The van der Waals surface area contributed by atoms with Gasteiger partial charge in [0.15, 0.2) is 5.96 Å². The van der Waals surface area contributed by atoms with Gasteiger partial charge in [-0.2, -0.15) is 0 Å². The number of thiazole rings is 1. The molecule has 0 bridgehead atoms. The van der Waals surface area contributed by atoms with Gasteiger partial charge in [-0.05, 0) is 24.6 Å². The molecule has 0 radical (unpaired) electrons. The van der Waals surface area contributed by atoms with Crippen LogP contribution in [0.15, 0.2) is 34.8 Å². The second kappa shape index (κ2) is 7.26. The van der Waals surface area contributed by atoms with Crippen LogP contribution in [-0.4, -0.2) is 18.0 Å². The minimum atomic E-state index is 0.707. The Hall–Kier alpha value is -1.59. The highest BCUT2D eigenvalue weighted by Crippen LogP contribution is 2.11. The Bertz CT molecular complexity index is 577. The zero-order valence-corrected chi connectivity index (χ0v) is 13.1. The molecule has 0 aliphatic carbocycles. The molecule has 0 atom stereocenters.